The lowest BCUT2D eigenvalue weighted by Crippen LogP contribution is -2.14. The third kappa shape index (κ3) is 2.81. The Balaban J connectivity index is 2.76. The summed E-state index contributed by atoms with van der Waals surface area (Å²) in [6.07, 6.45) is 0. The van der Waals surface area contributed by atoms with E-state index in [1.54, 1.807) is 6.92 Å². The number of aliphatic carboxylic acids is 1. The smallest absolute Gasteiger partial charge is 0.325 e. The molecule has 6 heteroatoms. The van der Waals surface area contributed by atoms with Gasteiger partial charge in [0.05, 0.1) is 6.54 Å². The maximum Gasteiger partial charge on any atom is 0.325 e. The van der Waals surface area contributed by atoms with Crippen molar-refractivity contribution in [3.05, 3.63) is 11.6 Å². The average molecular weight is 198 g/mol. The van der Waals surface area contributed by atoms with Crippen LogP contribution in [0.5, 0.6) is 0 Å². The Morgan fingerprint density at radius 2 is 2.21 bits per heavy atom. The van der Waals surface area contributed by atoms with Gasteiger partial charge in [-0.2, -0.15) is 5.10 Å². The Morgan fingerprint density at radius 1 is 1.57 bits per heavy atom. The monoisotopic (exact) mass is 198 g/mol. The summed E-state index contributed by atoms with van der Waals surface area (Å²) < 4.78 is 1.39. The zero-order valence-electron chi connectivity index (χ0n) is 8.56. The molecule has 0 fully saturated rings. The Bertz CT molecular complexity index is 332. The van der Waals surface area contributed by atoms with E-state index in [1.165, 1.54) is 4.68 Å². The molecule has 0 saturated heterocycles. The number of nitrogens with zero attached hydrogens (tertiary/aromatic N) is 4. The number of hydrogen-bond donors (Lipinski definition) is 1. The highest BCUT2D eigenvalue weighted by Crippen LogP contribution is 1.99. The van der Waals surface area contributed by atoms with Crippen molar-refractivity contribution in [1.82, 2.24) is 19.7 Å². The summed E-state index contributed by atoms with van der Waals surface area (Å²) in [6.45, 7) is 2.23. The van der Waals surface area contributed by atoms with Crippen molar-refractivity contribution < 1.29 is 9.90 Å². The molecular formula is C8H14N4O2. The van der Waals surface area contributed by atoms with E-state index in [2.05, 4.69) is 10.1 Å². The first-order valence-corrected chi connectivity index (χ1v) is 4.26. The Morgan fingerprint density at radius 3 is 2.71 bits per heavy atom. The van der Waals surface area contributed by atoms with Crippen LogP contribution in [0, 0.1) is 6.92 Å². The van der Waals surface area contributed by atoms with Gasteiger partial charge in [0.1, 0.15) is 12.4 Å². The van der Waals surface area contributed by atoms with Gasteiger partial charge in [0.25, 0.3) is 0 Å². The van der Waals surface area contributed by atoms with Crippen LogP contribution < -0.4 is 0 Å². The number of carboxylic acids is 1. The summed E-state index contributed by atoms with van der Waals surface area (Å²) >= 11 is 0. The van der Waals surface area contributed by atoms with Gasteiger partial charge in [-0.1, -0.05) is 0 Å². The second-order valence-electron chi connectivity index (χ2n) is 3.36. The molecule has 1 aromatic rings. The first kappa shape index (κ1) is 10.6. The molecule has 0 radical (unpaired) electrons. The van der Waals surface area contributed by atoms with Crippen molar-refractivity contribution >= 4 is 5.97 Å². The molecule has 1 rings (SSSR count). The molecule has 0 bridgehead atoms. The van der Waals surface area contributed by atoms with Crippen LogP contribution in [-0.4, -0.2) is 44.8 Å². The molecule has 78 valence electrons. The van der Waals surface area contributed by atoms with Crippen molar-refractivity contribution in [1.29, 1.82) is 0 Å². The second-order valence-corrected chi connectivity index (χ2v) is 3.36. The van der Waals surface area contributed by atoms with Gasteiger partial charge in [0.2, 0.25) is 0 Å². The highest BCUT2D eigenvalue weighted by Gasteiger charge is 2.09. The number of carbonyl (C=O) groups is 1. The van der Waals surface area contributed by atoms with Crippen molar-refractivity contribution in [3.8, 4) is 0 Å². The third-order valence-corrected chi connectivity index (χ3v) is 1.64. The highest BCUT2D eigenvalue weighted by atomic mass is 16.4. The van der Waals surface area contributed by atoms with Crippen LogP contribution in [0.2, 0.25) is 0 Å². The Kier molecular flexibility index (Phi) is 3.19. The topological polar surface area (TPSA) is 71.2 Å². The molecule has 1 N–H and O–H groups in total. The average Bonchev–Trinajstić information content (AvgIpc) is 2.28. The van der Waals surface area contributed by atoms with Crippen LogP contribution >= 0.6 is 0 Å². The molecule has 1 aromatic heterocycles. The van der Waals surface area contributed by atoms with Gasteiger partial charge in [-0.05, 0) is 21.0 Å². The van der Waals surface area contributed by atoms with E-state index in [4.69, 9.17) is 5.11 Å². The summed E-state index contributed by atoms with van der Waals surface area (Å²) in [5.74, 6) is 0.368. The molecule has 6 nitrogen and oxygen atoms in total. The lowest BCUT2D eigenvalue weighted by atomic mass is 10.5. The van der Waals surface area contributed by atoms with E-state index in [0.717, 1.165) is 0 Å². The molecular weight excluding hydrogens is 184 g/mol. The Labute approximate surface area is 82.2 Å². The van der Waals surface area contributed by atoms with Gasteiger partial charge in [-0.25, -0.2) is 9.67 Å². The molecule has 0 atom stereocenters. The maximum absolute atomic E-state index is 10.5. The standard InChI is InChI=1S/C8H14N4O2/c1-6-9-7(4-11(2)3)10-12(6)5-8(13)14/h4-5H2,1-3H3,(H,13,14). The fraction of sp³-hybridized carbons (Fsp3) is 0.625. The predicted octanol–water partition coefficient (Wildman–Crippen LogP) is -0.267. The van der Waals surface area contributed by atoms with Gasteiger partial charge in [-0.15, -0.1) is 0 Å². The predicted molar refractivity (Wildman–Crippen MR) is 49.8 cm³/mol. The van der Waals surface area contributed by atoms with E-state index in [-0.39, 0.29) is 6.54 Å². The fourth-order valence-electron chi connectivity index (χ4n) is 1.11. The van der Waals surface area contributed by atoms with Gasteiger partial charge in [0, 0.05) is 0 Å². The minimum absolute atomic E-state index is 0.133. The summed E-state index contributed by atoms with van der Waals surface area (Å²) in [7, 11) is 3.82. The van der Waals surface area contributed by atoms with Crippen LogP contribution in [0.4, 0.5) is 0 Å². The van der Waals surface area contributed by atoms with E-state index >= 15 is 0 Å². The van der Waals surface area contributed by atoms with Gasteiger partial charge >= 0.3 is 5.97 Å². The largest absolute Gasteiger partial charge is 0.480 e. The zero-order chi connectivity index (χ0) is 10.7. The molecule has 0 spiro atoms. The second kappa shape index (κ2) is 4.19. The molecule has 1 heterocycles. The minimum Gasteiger partial charge on any atom is -0.480 e. The van der Waals surface area contributed by atoms with E-state index < -0.39 is 5.97 Å². The van der Waals surface area contributed by atoms with Gasteiger partial charge < -0.3 is 10.0 Å². The lowest BCUT2D eigenvalue weighted by Gasteiger charge is -2.04. The molecule has 0 aliphatic carbocycles. The SMILES string of the molecule is Cc1nc(CN(C)C)nn1CC(=O)O. The normalized spacial score (nSPS) is 10.9. The maximum atomic E-state index is 10.5. The number of aromatic nitrogens is 3. The molecule has 0 aliphatic heterocycles. The van der Waals surface area contributed by atoms with Crippen LogP contribution in [0.1, 0.15) is 11.6 Å². The van der Waals surface area contributed by atoms with Gasteiger partial charge in [0.15, 0.2) is 5.82 Å². The molecule has 0 amide bonds. The van der Waals surface area contributed by atoms with Crippen LogP contribution in [0.15, 0.2) is 0 Å². The lowest BCUT2D eigenvalue weighted by molar-refractivity contribution is -0.137. The van der Waals surface area contributed by atoms with Gasteiger partial charge in [-0.3, -0.25) is 4.79 Å². The summed E-state index contributed by atoms with van der Waals surface area (Å²) in [6, 6.07) is 0. The number of aryl methyl sites for hydroxylation is 1. The Hall–Kier alpha value is -1.43. The van der Waals surface area contributed by atoms with Crippen LogP contribution in [0.3, 0.4) is 0 Å². The molecule has 14 heavy (non-hydrogen) atoms. The third-order valence-electron chi connectivity index (χ3n) is 1.64. The molecule has 0 aliphatic rings. The fourth-order valence-corrected chi connectivity index (χ4v) is 1.11. The van der Waals surface area contributed by atoms with E-state index in [9.17, 15) is 4.79 Å². The highest BCUT2D eigenvalue weighted by molar-refractivity contribution is 5.66. The van der Waals surface area contributed by atoms with Crippen LogP contribution in [-0.2, 0) is 17.9 Å². The number of carboxylic acid groups (broad SMARTS) is 1. The molecule has 0 unspecified atom stereocenters. The first-order chi connectivity index (χ1) is 6.49. The minimum atomic E-state index is -0.908. The van der Waals surface area contributed by atoms with E-state index in [1.807, 2.05) is 19.0 Å². The van der Waals surface area contributed by atoms with Crippen molar-refractivity contribution in [2.24, 2.45) is 0 Å². The number of hydrogen-bond acceptors (Lipinski definition) is 4. The van der Waals surface area contributed by atoms with Crippen LogP contribution in [0.25, 0.3) is 0 Å². The number of rotatable bonds is 4. The summed E-state index contributed by atoms with van der Waals surface area (Å²) in [5.41, 5.74) is 0. The van der Waals surface area contributed by atoms with Crippen molar-refractivity contribution in [2.75, 3.05) is 14.1 Å². The first-order valence-electron chi connectivity index (χ1n) is 4.26. The molecule has 0 saturated carbocycles. The summed E-state index contributed by atoms with van der Waals surface area (Å²) in [4.78, 5) is 16.5. The van der Waals surface area contributed by atoms with E-state index in [0.29, 0.717) is 18.2 Å². The van der Waals surface area contributed by atoms with Crippen molar-refractivity contribution in [2.45, 2.75) is 20.0 Å². The zero-order valence-corrected chi connectivity index (χ0v) is 8.56. The summed E-state index contributed by atoms with van der Waals surface area (Å²) in [5, 5.41) is 12.7. The molecule has 0 aromatic carbocycles. The van der Waals surface area contributed by atoms with Crippen molar-refractivity contribution in [3.63, 3.8) is 0 Å². The quantitative estimate of drug-likeness (QED) is 0.721.